The molecule has 1 aliphatic heterocycles. The Morgan fingerprint density at radius 2 is 1.86 bits per heavy atom. The summed E-state index contributed by atoms with van der Waals surface area (Å²) in [6, 6.07) is 0.566. The number of nitrogens with zero attached hydrogens (tertiary/aromatic N) is 1. The van der Waals surface area contributed by atoms with Crippen molar-refractivity contribution in [2.24, 2.45) is 11.8 Å². The molecular weight excluding hydrogens is 276 g/mol. The molecule has 0 aromatic rings. The standard InChI is InChI=1S/C18H34N2O2/c1-14-6-5-7-15(12-14)13-19-16-8-10-20(11-9-16)17(21)22-18(2,3)4/h14-16,19H,5-13H2,1-4H3. The Bertz CT molecular complexity index is 357. The predicted octanol–water partition coefficient (Wildman–Crippen LogP) is 3.80. The number of amides is 1. The zero-order chi connectivity index (χ0) is 16.2. The maximum Gasteiger partial charge on any atom is 0.410 e. The molecule has 2 unspecified atom stereocenters. The molecule has 1 N–H and O–H groups in total. The largest absolute Gasteiger partial charge is 0.444 e. The third kappa shape index (κ3) is 5.79. The highest BCUT2D eigenvalue weighted by molar-refractivity contribution is 5.68. The van der Waals surface area contributed by atoms with Gasteiger partial charge in [-0.15, -0.1) is 0 Å². The predicted molar refractivity (Wildman–Crippen MR) is 90.0 cm³/mol. The first-order valence-electron chi connectivity index (χ1n) is 9.05. The molecule has 22 heavy (non-hydrogen) atoms. The Labute approximate surface area is 136 Å². The maximum absolute atomic E-state index is 12.0. The zero-order valence-corrected chi connectivity index (χ0v) is 14.9. The van der Waals surface area contributed by atoms with Crippen LogP contribution in [0.25, 0.3) is 0 Å². The van der Waals surface area contributed by atoms with Crippen LogP contribution in [0, 0.1) is 11.8 Å². The molecule has 2 aliphatic rings. The number of rotatable bonds is 3. The van der Waals surface area contributed by atoms with Crippen LogP contribution < -0.4 is 5.32 Å². The highest BCUT2D eigenvalue weighted by Crippen LogP contribution is 2.28. The third-order valence-electron chi connectivity index (χ3n) is 4.89. The van der Waals surface area contributed by atoms with Crippen molar-refractivity contribution in [1.82, 2.24) is 10.2 Å². The third-order valence-corrected chi connectivity index (χ3v) is 4.89. The average molecular weight is 310 g/mol. The quantitative estimate of drug-likeness (QED) is 0.862. The normalized spacial score (nSPS) is 27.7. The van der Waals surface area contributed by atoms with Gasteiger partial charge in [-0.1, -0.05) is 19.8 Å². The number of piperidine rings is 1. The lowest BCUT2D eigenvalue weighted by atomic mass is 9.82. The lowest BCUT2D eigenvalue weighted by molar-refractivity contribution is 0.0197. The van der Waals surface area contributed by atoms with Crippen molar-refractivity contribution < 1.29 is 9.53 Å². The van der Waals surface area contributed by atoms with Crippen molar-refractivity contribution in [3.8, 4) is 0 Å². The summed E-state index contributed by atoms with van der Waals surface area (Å²) in [5, 5.41) is 3.74. The summed E-state index contributed by atoms with van der Waals surface area (Å²) in [6.07, 6.45) is 7.49. The average Bonchev–Trinajstić information content (AvgIpc) is 2.44. The number of carbonyl (C=O) groups is 1. The topological polar surface area (TPSA) is 41.6 Å². The van der Waals surface area contributed by atoms with Crippen LogP contribution in [0.4, 0.5) is 4.79 Å². The van der Waals surface area contributed by atoms with E-state index in [1.54, 1.807) is 0 Å². The van der Waals surface area contributed by atoms with Crippen molar-refractivity contribution >= 4 is 6.09 Å². The summed E-state index contributed by atoms with van der Waals surface area (Å²) in [7, 11) is 0. The summed E-state index contributed by atoms with van der Waals surface area (Å²) in [5.41, 5.74) is -0.399. The van der Waals surface area contributed by atoms with E-state index in [1.807, 2.05) is 25.7 Å². The van der Waals surface area contributed by atoms with Crippen LogP contribution in [0.5, 0.6) is 0 Å². The molecule has 0 spiro atoms. The summed E-state index contributed by atoms with van der Waals surface area (Å²) >= 11 is 0. The molecule has 0 aromatic carbocycles. The highest BCUT2D eigenvalue weighted by atomic mass is 16.6. The minimum absolute atomic E-state index is 0.160. The smallest absolute Gasteiger partial charge is 0.410 e. The van der Waals surface area contributed by atoms with Gasteiger partial charge in [0.2, 0.25) is 0 Å². The lowest BCUT2D eigenvalue weighted by Gasteiger charge is -2.35. The van der Waals surface area contributed by atoms with E-state index in [0.717, 1.165) is 44.3 Å². The van der Waals surface area contributed by atoms with Gasteiger partial charge in [-0.3, -0.25) is 0 Å². The van der Waals surface area contributed by atoms with Gasteiger partial charge in [0.1, 0.15) is 5.60 Å². The molecule has 1 aliphatic carbocycles. The summed E-state index contributed by atoms with van der Waals surface area (Å²) < 4.78 is 5.45. The minimum Gasteiger partial charge on any atom is -0.444 e. The fourth-order valence-electron chi connectivity index (χ4n) is 3.67. The van der Waals surface area contributed by atoms with E-state index >= 15 is 0 Å². The fraction of sp³-hybridized carbons (Fsp3) is 0.944. The first-order valence-corrected chi connectivity index (χ1v) is 9.05. The van der Waals surface area contributed by atoms with Gasteiger partial charge in [-0.2, -0.15) is 0 Å². The first-order chi connectivity index (χ1) is 10.3. The molecule has 1 saturated carbocycles. The van der Waals surface area contributed by atoms with Gasteiger partial charge in [-0.25, -0.2) is 4.79 Å². The Kier molecular flexibility index (Phi) is 6.13. The first kappa shape index (κ1) is 17.6. The monoisotopic (exact) mass is 310 g/mol. The second-order valence-electron chi connectivity index (χ2n) is 8.29. The van der Waals surface area contributed by atoms with Crippen molar-refractivity contribution in [1.29, 1.82) is 0 Å². The molecule has 4 heteroatoms. The van der Waals surface area contributed by atoms with E-state index < -0.39 is 5.60 Å². The van der Waals surface area contributed by atoms with Crippen LogP contribution in [-0.4, -0.2) is 42.3 Å². The number of carbonyl (C=O) groups excluding carboxylic acids is 1. The van der Waals surface area contributed by atoms with Gasteiger partial charge >= 0.3 is 6.09 Å². The second kappa shape index (κ2) is 7.67. The van der Waals surface area contributed by atoms with Crippen LogP contribution in [0.15, 0.2) is 0 Å². The minimum atomic E-state index is -0.399. The van der Waals surface area contributed by atoms with Crippen molar-refractivity contribution in [3.05, 3.63) is 0 Å². The lowest BCUT2D eigenvalue weighted by Crippen LogP contribution is -2.47. The Hall–Kier alpha value is -0.770. The zero-order valence-electron chi connectivity index (χ0n) is 14.9. The van der Waals surface area contributed by atoms with Gasteiger partial charge < -0.3 is 15.0 Å². The van der Waals surface area contributed by atoms with Crippen LogP contribution in [0.2, 0.25) is 0 Å². The van der Waals surface area contributed by atoms with E-state index in [9.17, 15) is 4.79 Å². The second-order valence-corrected chi connectivity index (χ2v) is 8.29. The molecule has 0 aromatic heterocycles. The maximum atomic E-state index is 12.0. The fourth-order valence-corrected chi connectivity index (χ4v) is 3.67. The van der Waals surface area contributed by atoms with Crippen LogP contribution >= 0.6 is 0 Å². The van der Waals surface area contributed by atoms with E-state index in [0.29, 0.717) is 6.04 Å². The van der Waals surface area contributed by atoms with Crippen molar-refractivity contribution in [2.75, 3.05) is 19.6 Å². The molecule has 2 rings (SSSR count). The van der Waals surface area contributed by atoms with Gasteiger partial charge in [0, 0.05) is 19.1 Å². The number of hydrogen-bond donors (Lipinski definition) is 1. The van der Waals surface area contributed by atoms with E-state index in [4.69, 9.17) is 4.74 Å². The van der Waals surface area contributed by atoms with Gasteiger partial charge in [0.15, 0.2) is 0 Å². The number of nitrogens with one attached hydrogen (secondary N) is 1. The Balaban J connectivity index is 1.65. The molecule has 1 saturated heterocycles. The Morgan fingerprint density at radius 3 is 2.45 bits per heavy atom. The van der Waals surface area contributed by atoms with Crippen LogP contribution in [-0.2, 0) is 4.74 Å². The summed E-state index contributed by atoms with van der Waals surface area (Å²) in [4.78, 5) is 13.9. The van der Waals surface area contributed by atoms with Gasteiger partial charge in [0.25, 0.3) is 0 Å². The molecule has 1 heterocycles. The molecule has 2 atom stereocenters. The van der Waals surface area contributed by atoms with E-state index in [2.05, 4.69) is 12.2 Å². The molecule has 1 amide bonds. The number of likely N-dealkylation sites (tertiary alicyclic amines) is 1. The van der Waals surface area contributed by atoms with Crippen molar-refractivity contribution in [2.45, 2.75) is 77.9 Å². The molecule has 0 bridgehead atoms. The summed E-state index contributed by atoms with van der Waals surface area (Å²) in [5.74, 6) is 1.75. The van der Waals surface area contributed by atoms with Crippen molar-refractivity contribution in [3.63, 3.8) is 0 Å². The van der Waals surface area contributed by atoms with Gasteiger partial charge in [0.05, 0.1) is 0 Å². The Morgan fingerprint density at radius 1 is 1.18 bits per heavy atom. The molecular formula is C18H34N2O2. The summed E-state index contributed by atoms with van der Waals surface area (Å²) in [6.45, 7) is 10.9. The molecule has 128 valence electrons. The van der Waals surface area contributed by atoms with E-state index in [1.165, 1.54) is 25.7 Å². The van der Waals surface area contributed by atoms with Gasteiger partial charge in [-0.05, 0) is 64.8 Å². The van der Waals surface area contributed by atoms with E-state index in [-0.39, 0.29) is 6.09 Å². The highest BCUT2D eigenvalue weighted by Gasteiger charge is 2.27. The SMILES string of the molecule is CC1CCCC(CNC2CCN(C(=O)OC(C)(C)C)CC2)C1. The number of ether oxygens (including phenoxy) is 1. The number of hydrogen-bond acceptors (Lipinski definition) is 3. The molecule has 2 fully saturated rings. The molecule has 0 radical (unpaired) electrons. The molecule has 4 nitrogen and oxygen atoms in total. The van der Waals surface area contributed by atoms with Crippen LogP contribution in [0.3, 0.4) is 0 Å². The van der Waals surface area contributed by atoms with Crippen LogP contribution in [0.1, 0.15) is 66.2 Å².